The van der Waals surface area contributed by atoms with E-state index in [0.29, 0.717) is 25.2 Å². The molecule has 2 rings (SSSR count). The van der Waals surface area contributed by atoms with Gasteiger partial charge in [0.2, 0.25) is 0 Å². The van der Waals surface area contributed by atoms with Gasteiger partial charge in [0.15, 0.2) is 0 Å². The molecule has 0 spiro atoms. The van der Waals surface area contributed by atoms with Crippen LogP contribution in [0.4, 0.5) is 0 Å². The van der Waals surface area contributed by atoms with Crippen LogP contribution in [0.2, 0.25) is 0 Å². The second-order valence-electron chi connectivity index (χ2n) is 7.16. The van der Waals surface area contributed by atoms with Crippen molar-refractivity contribution in [2.45, 2.75) is 39.2 Å². The minimum Gasteiger partial charge on any atom is -0.472 e. The molecular formula is C17H25N3O4. The zero-order chi connectivity index (χ0) is 17.7. The maximum atomic E-state index is 12.2. The summed E-state index contributed by atoms with van der Waals surface area (Å²) in [6, 6.07) is 1.66. The first-order chi connectivity index (χ1) is 11.3. The highest BCUT2D eigenvalue weighted by atomic mass is 16.3. The summed E-state index contributed by atoms with van der Waals surface area (Å²) in [5, 5.41) is 5.31. The Kier molecular flexibility index (Phi) is 5.64. The van der Waals surface area contributed by atoms with E-state index in [4.69, 9.17) is 4.42 Å². The zero-order valence-corrected chi connectivity index (χ0v) is 14.4. The zero-order valence-electron chi connectivity index (χ0n) is 14.4. The molecule has 2 heterocycles. The molecule has 0 aromatic carbocycles. The molecule has 1 aromatic heterocycles. The van der Waals surface area contributed by atoms with Gasteiger partial charge in [-0.05, 0) is 45.6 Å². The van der Waals surface area contributed by atoms with Gasteiger partial charge < -0.3 is 20.0 Å². The van der Waals surface area contributed by atoms with Crippen molar-refractivity contribution < 1.29 is 18.8 Å². The standard InChI is InChI=1S/C17H25N3O4/c1-17(2,3)19-15(22)14(21)18-10-12-4-7-20(8-5-12)16(23)13-6-9-24-11-13/h6,9,11-12H,4-5,7-8,10H2,1-3H3,(H,18,21)(H,19,22). The first-order valence-corrected chi connectivity index (χ1v) is 8.18. The van der Waals surface area contributed by atoms with Crippen molar-refractivity contribution in [1.29, 1.82) is 0 Å². The van der Waals surface area contributed by atoms with Gasteiger partial charge in [-0.2, -0.15) is 0 Å². The fourth-order valence-electron chi connectivity index (χ4n) is 2.62. The largest absolute Gasteiger partial charge is 0.472 e. The molecule has 0 unspecified atom stereocenters. The van der Waals surface area contributed by atoms with E-state index in [1.165, 1.54) is 12.5 Å². The number of carbonyl (C=O) groups is 3. The molecule has 2 N–H and O–H groups in total. The summed E-state index contributed by atoms with van der Waals surface area (Å²) < 4.78 is 4.94. The lowest BCUT2D eigenvalue weighted by Gasteiger charge is -2.31. The topological polar surface area (TPSA) is 91.7 Å². The van der Waals surface area contributed by atoms with Crippen LogP contribution in [0.5, 0.6) is 0 Å². The number of carbonyl (C=O) groups excluding carboxylic acids is 3. The monoisotopic (exact) mass is 335 g/mol. The van der Waals surface area contributed by atoms with Gasteiger partial charge in [0.25, 0.3) is 5.91 Å². The highest BCUT2D eigenvalue weighted by molar-refractivity contribution is 6.35. The van der Waals surface area contributed by atoms with Crippen molar-refractivity contribution in [3.8, 4) is 0 Å². The van der Waals surface area contributed by atoms with Crippen LogP contribution in [0.1, 0.15) is 44.0 Å². The summed E-state index contributed by atoms with van der Waals surface area (Å²) in [4.78, 5) is 37.5. The molecule has 24 heavy (non-hydrogen) atoms. The third kappa shape index (κ3) is 5.11. The summed E-state index contributed by atoms with van der Waals surface area (Å²) in [6.07, 6.45) is 4.52. The molecule has 132 valence electrons. The second kappa shape index (κ2) is 7.51. The number of nitrogens with one attached hydrogen (secondary N) is 2. The van der Waals surface area contributed by atoms with Crippen LogP contribution >= 0.6 is 0 Å². The van der Waals surface area contributed by atoms with E-state index in [1.807, 2.05) is 20.8 Å². The first kappa shape index (κ1) is 18.0. The summed E-state index contributed by atoms with van der Waals surface area (Å²) in [6.45, 7) is 7.20. The van der Waals surface area contributed by atoms with Crippen molar-refractivity contribution >= 4 is 17.7 Å². The highest BCUT2D eigenvalue weighted by Crippen LogP contribution is 2.18. The average molecular weight is 335 g/mol. The van der Waals surface area contributed by atoms with Crippen LogP contribution in [-0.4, -0.2) is 47.8 Å². The van der Waals surface area contributed by atoms with Crippen LogP contribution in [0.25, 0.3) is 0 Å². The van der Waals surface area contributed by atoms with Crippen molar-refractivity contribution in [2.24, 2.45) is 5.92 Å². The number of rotatable bonds is 3. The van der Waals surface area contributed by atoms with Crippen LogP contribution in [0.3, 0.4) is 0 Å². The smallest absolute Gasteiger partial charge is 0.309 e. The van der Waals surface area contributed by atoms with Gasteiger partial charge in [-0.25, -0.2) is 0 Å². The van der Waals surface area contributed by atoms with Crippen molar-refractivity contribution in [3.63, 3.8) is 0 Å². The average Bonchev–Trinajstić information content (AvgIpc) is 3.05. The minimum absolute atomic E-state index is 0.0317. The Balaban J connectivity index is 1.72. The number of piperidine rings is 1. The Morgan fingerprint density at radius 1 is 1.21 bits per heavy atom. The lowest BCUT2D eigenvalue weighted by molar-refractivity contribution is -0.140. The Bertz CT molecular complexity index is 581. The third-order valence-corrected chi connectivity index (χ3v) is 3.92. The molecule has 7 nitrogen and oxygen atoms in total. The predicted octanol–water partition coefficient (Wildman–Crippen LogP) is 1.16. The van der Waals surface area contributed by atoms with Crippen molar-refractivity contribution in [2.75, 3.05) is 19.6 Å². The van der Waals surface area contributed by atoms with Gasteiger partial charge in [0.1, 0.15) is 6.26 Å². The number of likely N-dealkylation sites (tertiary alicyclic amines) is 1. The summed E-state index contributed by atoms with van der Waals surface area (Å²) in [5.74, 6) is -0.988. The van der Waals surface area contributed by atoms with Gasteiger partial charge >= 0.3 is 11.8 Å². The first-order valence-electron chi connectivity index (χ1n) is 8.18. The normalized spacial score (nSPS) is 15.9. The van der Waals surface area contributed by atoms with Crippen LogP contribution in [0, 0.1) is 5.92 Å². The van der Waals surface area contributed by atoms with Gasteiger partial charge in [0, 0.05) is 25.2 Å². The van der Waals surface area contributed by atoms with Crippen molar-refractivity contribution in [3.05, 3.63) is 24.2 Å². The van der Waals surface area contributed by atoms with E-state index in [9.17, 15) is 14.4 Å². The van der Waals surface area contributed by atoms with E-state index in [-0.39, 0.29) is 11.8 Å². The number of hydrogen-bond acceptors (Lipinski definition) is 4. The molecule has 0 bridgehead atoms. The molecule has 3 amide bonds. The molecule has 1 aliphatic heterocycles. The van der Waals surface area contributed by atoms with Crippen LogP contribution in [-0.2, 0) is 9.59 Å². The number of hydrogen-bond donors (Lipinski definition) is 2. The van der Waals surface area contributed by atoms with Gasteiger partial charge in [0.05, 0.1) is 11.8 Å². The molecule has 0 radical (unpaired) electrons. The molecule has 0 atom stereocenters. The number of furan rings is 1. The van der Waals surface area contributed by atoms with E-state index in [0.717, 1.165) is 12.8 Å². The Hall–Kier alpha value is -2.31. The molecule has 0 aliphatic carbocycles. The number of amides is 3. The molecule has 1 saturated heterocycles. The van der Waals surface area contributed by atoms with Crippen LogP contribution in [0.15, 0.2) is 23.0 Å². The molecular weight excluding hydrogens is 310 g/mol. The maximum Gasteiger partial charge on any atom is 0.309 e. The SMILES string of the molecule is CC(C)(C)NC(=O)C(=O)NCC1CCN(C(=O)c2ccoc2)CC1. The molecule has 7 heteroatoms. The Morgan fingerprint density at radius 3 is 2.42 bits per heavy atom. The van der Waals surface area contributed by atoms with E-state index in [1.54, 1.807) is 11.0 Å². The van der Waals surface area contributed by atoms with E-state index < -0.39 is 17.4 Å². The number of nitrogens with zero attached hydrogens (tertiary/aromatic N) is 1. The lowest BCUT2D eigenvalue weighted by atomic mass is 9.96. The van der Waals surface area contributed by atoms with Gasteiger partial charge in [-0.15, -0.1) is 0 Å². The summed E-state index contributed by atoms with van der Waals surface area (Å²) in [7, 11) is 0. The molecule has 1 aliphatic rings. The maximum absolute atomic E-state index is 12.2. The fourth-order valence-corrected chi connectivity index (χ4v) is 2.62. The van der Waals surface area contributed by atoms with E-state index >= 15 is 0 Å². The second-order valence-corrected chi connectivity index (χ2v) is 7.16. The Morgan fingerprint density at radius 2 is 1.88 bits per heavy atom. The summed E-state index contributed by atoms with van der Waals surface area (Å²) >= 11 is 0. The minimum atomic E-state index is -0.616. The molecule has 1 fully saturated rings. The molecule has 1 aromatic rings. The highest BCUT2D eigenvalue weighted by Gasteiger charge is 2.25. The molecule has 0 saturated carbocycles. The fraction of sp³-hybridized carbons (Fsp3) is 0.588. The Labute approximate surface area is 141 Å². The van der Waals surface area contributed by atoms with Crippen molar-refractivity contribution in [1.82, 2.24) is 15.5 Å². The third-order valence-electron chi connectivity index (χ3n) is 3.92. The van der Waals surface area contributed by atoms with E-state index in [2.05, 4.69) is 10.6 Å². The van der Waals surface area contributed by atoms with Gasteiger partial charge in [-0.3, -0.25) is 14.4 Å². The lowest BCUT2D eigenvalue weighted by Crippen LogP contribution is -2.49. The van der Waals surface area contributed by atoms with Gasteiger partial charge in [-0.1, -0.05) is 0 Å². The quantitative estimate of drug-likeness (QED) is 0.811. The van der Waals surface area contributed by atoms with Crippen LogP contribution < -0.4 is 10.6 Å². The predicted molar refractivity (Wildman–Crippen MR) is 88.2 cm³/mol. The summed E-state index contributed by atoms with van der Waals surface area (Å²) in [5.41, 5.74) is 0.119.